The molecule has 0 heterocycles. The largest absolute Gasteiger partial charge is 0.399 e. The van der Waals surface area contributed by atoms with Gasteiger partial charge < -0.3 is 11.1 Å². The zero-order valence-corrected chi connectivity index (χ0v) is 11.4. The Balaban J connectivity index is 2.28. The summed E-state index contributed by atoms with van der Waals surface area (Å²) in [5.41, 5.74) is 10.9. The van der Waals surface area contributed by atoms with E-state index in [1.807, 2.05) is 51.1 Å². The third kappa shape index (κ3) is 3.13. The van der Waals surface area contributed by atoms with Crippen LogP contribution in [0.4, 0.5) is 11.4 Å². The van der Waals surface area contributed by atoms with Gasteiger partial charge in [-0.05, 0) is 50.6 Å². The third-order valence-corrected chi connectivity index (χ3v) is 2.99. The minimum atomic E-state index is -0.111. The fourth-order valence-corrected chi connectivity index (χ4v) is 2.07. The Hall–Kier alpha value is -2.29. The second-order valence-electron chi connectivity index (χ2n) is 4.90. The number of aryl methyl sites for hydroxylation is 3. The van der Waals surface area contributed by atoms with Crippen molar-refractivity contribution in [2.24, 2.45) is 0 Å². The summed E-state index contributed by atoms with van der Waals surface area (Å²) in [6.45, 7) is 5.90. The molecule has 0 spiro atoms. The average molecular weight is 254 g/mol. The van der Waals surface area contributed by atoms with Crippen LogP contribution in [0.1, 0.15) is 27.0 Å². The maximum atomic E-state index is 12.2. The van der Waals surface area contributed by atoms with E-state index in [-0.39, 0.29) is 5.91 Å². The lowest BCUT2D eigenvalue weighted by atomic mass is 10.1. The highest BCUT2D eigenvalue weighted by Crippen LogP contribution is 2.19. The monoisotopic (exact) mass is 254 g/mol. The summed E-state index contributed by atoms with van der Waals surface area (Å²) in [4.78, 5) is 12.2. The van der Waals surface area contributed by atoms with Gasteiger partial charge in [0.2, 0.25) is 0 Å². The molecule has 3 N–H and O–H groups in total. The number of amides is 1. The summed E-state index contributed by atoms with van der Waals surface area (Å²) in [7, 11) is 0. The maximum Gasteiger partial charge on any atom is 0.255 e. The van der Waals surface area contributed by atoms with Crippen molar-refractivity contribution in [3.05, 3.63) is 58.7 Å². The molecule has 98 valence electrons. The number of rotatable bonds is 2. The van der Waals surface area contributed by atoms with Crippen LogP contribution in [0.15, 0.2) is 36.4 Å². The molecule has 0 aliphatic rings. The zero-order chi connectivity index (χ0) is 14.0. The fraction of sp³-hybridized carbons (Fsp3) is 0.188. The standard InChI is InChI=1S/C16H18N2O/c1-10-6-11(2)8-13(7-10)16(19)18-15-9-14(17)5-4-12(15)3/h4-9H,17H2,1-3H3,(H,18,19). The van der Waals surface area contributed by atoms with E-state index in [2.05, 4.69) is 5.32 Å². The highest BCUT2D eigenvalue weighted by Gasteiger charge is 2.09. The number of carbonyl (C=O) groups excluding carboxylic acids is 1. The van der Waals surface area contributed by atoms with E-state index in [0.717, 1.165) is 22.4 Å². The molecule has 2 aromatic carbocycles. The van der Waals surface area contributed by atoms with Crippen LogP contribution in [0.25, 0.3) is 0 Å². The van der Waals surface area contributed by atoms with Gasteiger partial charge in [0.05, 0.1) is 0 Å². The quantitative estimate of drug-likeness (QED) is 0.806. The molecule has 1 amide bonds. The second kappa shape index (κ2) is 5.14. The molecule has 0 radical (unpaired) electrons. The molecule has 0 aliphatic carbocycles. The molecule has 19 heavy (non-hydrogen) atoms. The number of carbonyl (C=O) groups is 1. The van der Waals surface area contributed by atoms with Gasteiger partial charge in [0.15, 0.2) is 0 Å². The van der Waals surface area contributed by atoms with Gasteiger partial charge in [0.1, 0.15) is 0 Å². The number of nitrogen functional groups attached to an aromatic ring is 1. The minimum Gasteiger partial charge on any atom is -0.399 e. The summed E-state index contributed by atoms with van der Waals surface area (Å²) in [5.74, 6) is -0.111. The predicted molar refractivity (Wildman–Crippen MR) is 79.5 cm³/mol. The molecule has 3 heteroatoms. The van der Waals surface area contributed by atoms with Crippen molar-refractivity contribution < 1.29 is 4.79 Å². The molecule has 3 nitrogen and oxygen atoms in total. The van der Waals surface area contributed by atoms with E-state index in [4.69, 9.17) is 5.73 Å². The predicted octanol–water partition coefficient (Wildman–Crippen LogP) is 3.45. The van der Waals surface area contributed by atoms with Crippen LogP contribution in [-0.4, -0.2) is 5.91 Å². The van der Waals surface area contributed by atoms with Crippen LogP contribution < -0.4 is 11.1 Å². The molecule has 0 atom stereocenters. The van der Waals surface area contributed by atoms with E-state index < -0.39 is 0 Å². The van der Waals surface area contributed by atoms with E-state index >= 15 is 0 Å². The van der Waals surface area contributed by atoms with Gasteiger partial charge in [-0.2, -0.15) is 0 Å². The highest BCUT2D eigenvalue weighted by atomic mass is 16.1. The first-order valence-corrected chi connectivity index (χ1v) is 6.21. The highest BCUT2D eigenvalue weighted by molar-refractivity contribution is 6.05. The molecule has 2 aromatic rings. The van der Waals surface area contributed by atoms with Gasteiger partial charge >= 0.3 is 0 Å². The summed E-state index contributed by atoms with van der Waals surface area (Å²) in [6.07, 6.45) is 0. The van der Waals surface area contributed by atoms with Crippen molar-refractivity contribution in [2.45, 2.75) is 20.8 Å². The molecule has 2 rings (SSSR count). The molecular weight excluding hydrogens is 236 g/mol. The SMILES string of the molecule is Cc1cc(C)cc(C(=O)Nc2cc(N)ccc2C)c1. The van der Waals surface area contributed by atoms with Crippen LogP contribution in [-0.2, 0) is 0 Å². The van der Waals surface area contributed by atoms with Gasteiger partial charge in [-0.15, -0.1) is 0 Å². The van der Waals surface area contributed by atoms with Gasteiger partial charge in [-0.1, -0.05) is 23.3 Å². The normalized spacial score (nSPS) is 10.3. The summed E-state index contributed by atoms with van der Waals surface area (Å²) < 4.78 is 0. The van der Waals surface area contributed by atoms with Crippen LogP contribution >= 0.6 is 0 Å². The Labute approximate surface area is 113 Å². The molecule has 0 saturated heterocycles. The Morgan fingerprint density at radius 2 is 1.63 bits per heavy atom. The number of hydrogen-bond donors (Lipinski definition) is 2. The molecular formula is C16H18N2O. The molecule has 0 unspecified atom stereocenters. The molecule has 0 bridgehead atoms. The Bertz CT molecular complexity index is 612. The van der Waals surface area contributed by atoms with Gasteiger partial charge in [-0.3, -0.25) is 4.79 Å². The number of anilines is 2. The Morgan fingerprint density at radius 3 is 2.26 bits per heavy atom. The lowest BCUT2D eigenvalue weighted by Crippen LogP contribution is -2.13. The lowest BCUT2D eigenvalue weighted by molar-refractivity contribution is 0.102. The Kier molecular flexibility index (Phi) is 3.56. The molecule has 0 aromatic heterocycles. The molecule has 0 saturated carbocycles. The number of hydrogen-bond acceptors (Lipinski definition) is 2. The first-order valence-electron chi connectivity index (χ1n) is 6.21. The van der Waals surface area contributed by atoms with E-state index in [1.165, 1.54) is 0 Å². The van der Waals surface area contributed by atoms with Crippen LogP contribution in [0.2, 0.25) is 0 Å². The van der Waals surface area contributed by atoms with Crippen molar-refractivity contribution >= 4 is 17.3 Å². The smallest absolute Gasteiger partial charge is 0.255 e. The number of nitrogens with one attached hydrogen (secondary N) is 1. The van der Waals surface area contributed by atoms with Crippen molar-refractivity contribution in [1.29, 1.82) is 0 Å². The molecule has 0 aliphatic heterocycles. The maximum absolute atomic E-state index is 12.2. The van der Waals surface area contributed by atoms with Crippen LogP contribution in [0.5, 0.6) is 0 Å². The van der Waals surface area contributed by atoms with Crippen LogP contribution in [0, 0.1) is 20.8 Å². The van der Waals surface area contributed by atoms with Gasteiger partial charge in [0.25, 0.3) is 5.91 Å². The first-order chi connectivity index (χ1) is 8.95. The summed E-state index contributed by atoms with van der Waals surface area (Å²) in [6, 6.07) is 11.3. The zero-order valence-electron chi connectivity index (χ0n) is 11.4. The lowest BCUT2D eigenvalue weighted by Gasteiger charge is -2.10. The summed E-state index contributed by atoms with van der Waals surface area (Å²) >= 11 is 0. The first kappa shape index (κ1) is 13.1. The third-order valence-electron chi connectivity index (χ3n) is 2.99. The summed E-state index contributed by atoms with van der Waals surface area (Å²) in [5, 5.41) is 2.90. The second-order valence-corrected chi connectivity index (χ2v) is 4.90. The average Bonchev–Trinajstić information content (AvgIpc) is 2.32. The van der Waals surface area contributed by atoms with Gasteiger partial charge in [0, 0.05) is 16.9 Å². The van der Waals surface area contributed by atoms with Gasteiger partial charge in [-0.25, -0.2) is 0 Å². The van der Waals surface area contributed by atoms with E-state index in [1.54, 1.807) is 6.07 Å². The van der Waals surface area contributed by atoms with E-state index in [0.29, 0.717) is 11.3 Å². The fourth-order valence-electron chi connectivity index (χ4n) is 2.07. The van der Waals surface area contributed by atoms with Crippen molar-refractivity contribution in [3.8, 4) is 0 Å². The minimum absolute atomic E-state index is 0.111. The van der Waals surface area contributed by atoms with Crippen molar-refractivity contribution in [1.82, 2.24) is 0 Å². The van der Waals surface area contributed by atoms with Crippen molar-refractivity contribution in [3.63, 3.8) is 0 Å². The van der Waals surface area contributed by atoms with E-state index in [9.17, 15) is 4.79 Å². The number of nitrogens with two attached hydrogens (primary N) is 1. The Morgan fingerprint density at radius 1 is 1.00 bits per heavy atom. The number of benzene rings is 2. The van der Waals surface area contributed by atoms with Crippen molar-refractivity contribution in [2.75, 3.05) is 11.1 Å². The topological polar surface area (TPSA) is 55.1 Å². The van der Waals surface area contributed by atoms with Crippen LogP contribution in [0.3, 0.4) is 0 Å². The molecule has 0 fully saturated rings.